The van der Waals surface area contributed by atoms with Gasteiger partial charge in [0.2, 0.25) is 0 Å². The van der Waals surface area contributed by atoms with Gasteiger partial charge < -0.3 is 9.84 Å². The van der Waals surface area contributed by atoms with Crippen molar-refractivity contribution in [2.75, 3.05) is 6.61 Å². The van der Waals surface area contributed by atoms with E-state index in [1.165, 1.54) is 5.56 Å². The third-order valence-electron chi connectivity index (χ3n) is 6.36. The van der Waals surface area contributed by atoms with Crippen molar-refractivity contribution in [2.45, 2.75) is 39.2 Å². The van der Waals surface area contributed by atoms with E-state index in [1.807, 2.05) is 48.5 Å². The molecule has 0 aliphatic heterocycles. The van der Waals surface area contributed by atoms with E-state index >= 15 is 0 Å². The third kappa shape index (κ3) is 6.52. The maximum Gasteiger partial charge on any atom is 0.341 e. The van der Waals surface area contributed by atoms with Crippen LogP contribution in [-0.2, 0) is 22.5 Å². The first kappa shape index (κ1) is 24.6. The maximum atomic E-state index is 10.9. The second-order valence-electron chi connectivity index (χ2n) is 9.28. The van der Waals surface area contributed by atoms with E-state index in [4.69, 9.17) is 14.7 Å². The first-order chi connectivity index (χ1) is 17.0. The molecule has 0 saturated carbocycles. The van der Waals surface area contributed by atoms with Gasteiger partial charge in [-0.1, -0.05) is 92.7 Å². The topological polar surface area (TPSA) is 67.8 Å². The Balaban J connectivity index is 1.49. The number of carbonyl (C=O) groups is 1. The molecule has 1 atom stereocenters. The second-order valence-corrected chi connectivity index (χ2v) is 9.28. The van der Waals surface area contributed by atoms with Crippen molar-refractivity contribution in [1.29, 1.82) is 0 Å². The van der Waals surface area contributed by atoms with Crippen LogP contribution in [0.3, 0.4) is 0 Å². The minimum absolute atomic E-state index is 0.222. The Bertz CT molecular complexity index is 1100. The van der Waals surface area contributed by atoms with E-state index in [0.717, 1.165) is 41.6 Å². The molecule has 2 N–H and O–H groups in total. The number of hydroxylamine groups is 1. The lowest BCUT2D eigenvalue weighted by Gasteiger charge is -2.27. The molecule has 0 saturated heterocycles. The number of aliphatic carboxylic acids is 1. The minimum atomic E-state index is -0.962. The molecule has 0 heterocycles. The quantitative estimate of drug-likeness (QED) is 0.350. The number of benzene rings is 3. The number of hydrogen-bond acceptors (Lipinski definition) is 4. The SMILES string of the molecule is CC(C)C(=CC1CCc2c(cccc2OCC(=O)O)C1)NOC(c1ccccc1)c1ccccc1. The predicted molar refractivity (Wildman–Crippen MR) is 137 cm³/mol. The average molecular weight is 472 g/mol. The lowest BCUT2D eigenvalue weighted by Crippen LogP contribution is -2.24. The molecule has 35 heavy (non-hydrogen) atoms. The van der Waals surface area contributed by atoms with Crippen LogP contribution in [0.4, 0.5) is 0 Å². The van der Waals surface area contributed by atoms with Crippen molar-refractivity contribution < 1.29 is 19.5 Å². The summed E-state index contributed by atoms with van der Waals surface area (Å²) in [6, 6.07) is 26.4. The summed E-state index contributed by atoms with van der Waals surface area (Å²) in [6.45, 7) is 4.01. The van der Waals surface area contributed by atoms with Gasteiger partial charge in [-0.2, -0.15) is 0 Å². The molecule has 3 aromatic rings. The zero-order chi connectivity index (χ0) is 24.6. The first-order valence-corrected chi connectivity index (χ1v) is 12.2. The summed E-state index contributed by atoms with van der Waals surface area (Å²) >= 11 is 0. The molecule has 0 bridgehead atoms. The summed E-state index contributed by atoms with van der Waals surface area (Å²) in [4.78, 5) is 17.2. The van der Waals surface area contributed by atoms with Crippen LogP contribution < -0.4 is 10.2 Å². The molecule has 4 rings (SSSR count). The predicted octanol–water partition coefficient (Wildman–Crippen LogP) is 6.11. The molecule has 0 amide bonds. The standard InChI is InChI=1S/C30H33NO4/c1-21(2)27(31-35-30(23-10-5-3-6-11-23)24-12-7-4-8-13-24)19-22-16-17-26-25(18-22)14-9-15-28(26)34-20-29(32)33/h3-15,19,21-22,30-31H,16-18,20H2,1-2H3,(H,32,33). The summed E-state index contributed by atoms with van der Waals surface area (Å²) in [5, 5.41) is 8.96. The highest BCUT2D eigenvalue weighted by molar-refractivity contribution is 5.68. The fourth-order valence-corrected chi connectivity index (χ4v) is 4.53. The molecule has 0 aromatic heterocycles. The van der Waals surface area contributed by atoms with Crippen LogP contribution in [0.1, 0.15) is 48.6 Å². The molecule has 5 nitrogen and oxygen atoms in total. The Morgan fingerprint density at radius 1 is 1.00 bits per heavy atom. The van der Waals surface area contributed by atoms with Gasteiger partial charge in [-0.25, -0.2) is 4.79 Å². The summed E-state index contributed by atoms with van der Waals surface area (Å²) in [5.74, 6) is 0.356. The molecular weight excluding hydrogens is 438 g/mol. The molecule has 1 unspecified atom stereocenters. The van der Waals surface area contributed by atoms with Crippen molar-refractivity contribution in [1.82, 2.24) is 5.48 Å². The number of hydrogen-bond donors (Lipinski definition) is 2. The van der Waals surface area contributed by atoms with E-state index in [9.17, 15) is 4.79 Å². The number of allylic oxidation sites excluding steroid dienone is 2. The van der Waals surface area contributed by atoms with Crippen LogP contribution in [0, 0.1) is 11.8 Å². The molecule has 1 aliphatic carbocycles. The highest BCUT2D eigenvalue weighted by Gasteiger charge is 2.22. The Morgan fingerprint density at radius 3 is 2.26 bits per heavy atom. The zero-order valence-corrected chi connectivity index (χ0v) is 20.3. The number of nitrogens with one attached hydrogen (secondary N) is 1. The Kier molecular flexibility index (Phi) is 8.22. The zero-order valence-electron chi connectivity index (χ0n) is 20.3. The van der Waals surface area contributed by atoms with Crippen LogP contribution >= 0.6 is 0 Å². The largest absolute Gasteiger partial charge is 0.482 e. The number of carboxylic acids is 1. The molecule has 0 spiro atoms. The van der Waals surface area contributed by atoms with Crippen LogP contribution in [0.25, 0.3) is 0 Å². The van der Waals surface area contributed by atoms with Gasteiger partial charge in [0.05, 0.1) is 0 Å². The van der Waals surface area contributed by atoms with Gasteiger partial charge in [0, 0.05) is 5.70 Å². The van der Waals surface area contributed by atoms with Gasteiger partial charge in [-0.15, -0.1) is 0 Å². The fourth-order valence-electron chi connectivity index (χ4n) is 4.53. The monoisotopic (exact) mass is 471 g/mol. The van der Waals surface area contributed by atoms with E-state index < -0.39 is 5.97 Å². The van der Waals surface area contributed by atoms with Crippen LogP contribution in [0.5, 0.6) is 5.75 Å². The number of ether oxygens (including phenoxy) is 1. The molecule has 0 radical (unpaired) electrons. The average Bonchev–Trinajstić information content (AvgIpc) is 2.87. The summed E-state index contributed by atoms with van der Waals surface area (Å²) < 4.78 is 5.52. The van der Waals surface area contributed by atoms with Crippen molar-refractivity contribution >= 4 is 5.97 Å². The maximum absolute atomic E-state index is 10.9. The van der Waals surface area contributed by atoms with Gasteiger partial charge in [0.1, 0.15) is 11.9 Å². The highest BCUT2D eigenvalue weighted by atomic mass is 16.7. The molecule has 1 aliphatic rings. The van der Waals surface area contributed by atoms with Crippen molar-refractivity contribution in [2.24, 2.45) is 11.8 Å². The molecular formula is C30H33NO4. The lowest BCUT2D eigenvalue weighted by molar-refractivity contribution is -0.139. The van der Waals surface area contributed by atoms with Crippen LogP contribution in [-0.4, -0.2) is 17.7 Å². The Labute approximate surface area is 207 Å². The normalized spacial score (nSPS) is 15.7. The van der Waals surface area contributed by atoms with Gasteiger partial charge in [0.15, 0.2) is 6.61 Å². The number of rotatable bonds is 10. The summed E-state index contributed by atoms with van der Waals surface area (Å²) in [5.41, 5.74) is 8.90. The Morgan fingerprint density at radius 2 is 1.66 bits per heavy atom. The fraction of sp³-hybridized carbons (Fsp3) is 0.300. The molecule has 0 fully saturated rings. The van der Waals surface area contributed by atoms with Crippen molar-refractivity contribution in [3.05, 3.63) is 113 Å². The molecule has 182 valence electrons. The van der Waals surface area contributed by atoms with Crippen LogP contribution in [0.2, 0.25) is 0 Å². The number of carboxylic acid groups (broad SMARTS) is 1. The minimum Gasteiger partial charge on any atom is -0.482 e. The van der Waals surface area contributed by atoms with Crippen molar-refractivity contribution in [3.8, 4) is 5.75 Å². The van der Waals surface area contributed by atoms with Crippen LogP contribution in [0.15, 0.2) is 90.6 Å². The number of fused-ring (bicyclic) bond motifs is 1. The summed E-state index contributed by atoms with van der Waals surface area (Å²) in [6.07, 6.45) is 4.79. The van der Waals surface area contributed by atoms with E-state index in [-0.39, 0.29) is 18.6 Å². The van der Waals surface area contributed by atoms with Crippen molar-refractivity contribution in [3.63, 3.8) is 0 Å². The van der Waals surface area contributed by atoms with E-state index in [1.54, 1.807) is 0 Å². The second kappa shape index (κ2) is 11.7. The molecule has 5 heteroatoms. The third-order valence-corrected chi connectivity index (χ3v) is 6.36. The van der Waals surface area contributed by atoms with Gasteiger partial charge in [0.25, 0.3) is 0 Å². The lowest BCUT2D eigenvalue weighted by atomic mass is 9.82. The molecule has 3 aromatic carbocycles. The smallest absolute Gasteiger partial charge is 0.341 e. The highest BCUT2D eigenvalue weighted by Crippen LogP contribution is 2.34. The van der Waals surface area contributed by atoms with E-state index in [2.05, 4.69) is 55.7 Å². The van der Waals surface area contributed by atoms with E-state index in [0.29, 0.717) is 11.7 Å². The summed E-state index contributed by atoms with van der Waals surface area (Å²) in [7, 11) is 0. The van der Waals surface area contributed by atoms with Gasteiger partial charge >= 0.3 is 5.97 Å². The first-order valence-electron chi connectivity index (χ1n) is 12.2. The van der Waals surface area contributed by atoms with Gasteiger partial charge in [-0.05, 0) is 59.4 Å². The Hall–Kier alpha value is -3.57. The van der Waals surface area contributed by atoms with Gasteiger partial charge in [-0.3, -0.25) is 10.3 Å².